The number of hydrogen-bond donors (Lipinski definition) is 0. The first kappa shape index (κ1) is 8.81. The molecule has 0 aliphatic rings. The first-order valence-corrected chi connectivity index (χ1v) is 4.05. The summed E-state index contributed by atoms with van der Waals surface area (Å²) in [5.74, 6) is 0.417. The van der Waals surface area contributed by atoms with E-state index < -0.39 is 6.86 Å². The average molecular weight is 239 g/mol. The van der Waals surface area contributed by atoms with Gasteiger partial charge in [-0.1, -0.05) is 11.6 Å². The monoisotopic (exact) mass is 238 g/mol. The lowest BCUT2D eigenvalue weighted by Gasteiger charge is -2.03. The van der Waals surface area contributed by atoms with Gasteiger partial charge in [0, 0.05) is 11.1 Å². The van der Waals surface area contributed by atoms with Crippen molar-refractivity contribution in [1.29, 1.82) is 0 Å². The molecular weight excluding hydrogens is 234 g/mol. The minimum Gasteiger partial charge on any atom is -0.462 e. The number of ether oxygens (including phenoxy) is 1. The number of benzene rings is 1. The molecule has 0 bridgehead atoms. The zero-order chi connectivity index (χ0) is 8.27. The normalized spacial score (nSPS) is 9.73. The molecule has 4 heteroatoms. The maximum absolute atomic E-state index is 11.7. The first-order valence-electron chi connectivity index (χ1n) is 2.88. The molecule has 0 saturated carbocycles. The van der Waals surface area contributed by atoms with E-state index in [1.807, 2.05) is 0 Å². The predicted molar refractivity (Wildman–Crippen MR) is 45.8 cm³/mol. The summed E-state index contributed by atoms with van der Waals surface area (Å²) in [6.07, 6.45) is 0. The third-order valence-electron chi connectivity index (χ3n) is 1.10. The highest BCUT2D eigenvalue weighted by Gasteiger charge is 2.00. The third-order valence-corrected chi connectivity index (χ3v) is 1.99. The van der Waals surface area contributed by atoms with Crippen LogP contribution in [0.2, 0.25) is 5.02 Å². The van der Waals surface area contributed by atoms with Crippen LogP contribution in [0.3, 0.4) is 0 Å². The van der Waals surface area contributed by atoms with Crippen LogP contribution < -0.4 is 4.74 Å². The van der Waals surface area contributed by atoms with E-state index >= 15 is 0 Å². The molecule has 1 nitrogen and oxygen atoms in total. The lowest BCUT2D eigenvalue weighted by molar-refractivity contribution is 0.190. The Morgan fingerprint density at radius 3 is 2.91 bits per heavy atom. The molecule has 0 aromatic heterocycles. The summed E-state index contributed by atoms with van der Waals surface area (Å²) in [5.41, 5.74) is 0. The molecule has 0 heterocycles. The van der Waals surface area contributed by atoms with Gasteiger partial charge in [-0.05, 0) is 28.1 Å². The predicted octanol–water partition coefficient (Wildman–Crippen LogP) is 3.41. The second-order valence-corrected chi connectivity index (χ2v) is 3.12. The van der Waals surface area contributed by atoms with E-state index in [9.17, 15) is 4.39 Å². The van der Waals surface area contributed by atoms with Crippen molar-refractivity contribution < 1.29 is 9.13 Å². The Balaban J connectivity index is 2.93. The molecule has 0 spiro atoms. The highest BCUT2D eigenvalue weighted by molar-refractivity contribution is 9.10. The molecular formula is C7H5BrClFO. The van der Waals surface area contributed by atoms with Crippen molar-refractivity contribution >= 4 is 27.5 Å². The lowest BCUT2D eigenvalue weighted by Crippen LogP contribution is -1.90. The zero-order valence-corrected chi connectivity index (χ0v) is 7.82. The van der Waals surface area contributed by atoms with Crippen LogP contribution in [-0.2, 0) is 0 Å². The van der Waals surface area contributed by atoms with Crippen molar-refractivity contribution in [2.24, 2.45) is 0 Å². The number of halogens is 3. The summed E-state index contributed by atoms with van der Waals surface area (Å²) in [7, 11) is 0. The quantitative estimate of drug-likeness (QED) is 0.768. The van der Waals surface area contributed by atoms with Crippen molar-refractivity contribution in [3.8, 4) is 5.75 Å². The van der Waals surface area contributed by atoms with E-state index in [-0.39, 0.29) is 0 Å². The van der Waals surface area contributed by atoms with Gasteiger partial charge in [0.05, 0.1) is 4.47 Å². The Labute approximate surface area is 77.2 Å². The van der Waals surface area contributed by atoms with Crippen LogP contribution >= 0.6 is 27.5 Å². The Bertz CT molecular complexity index is 254. The Morgan fingerprint density at radius 2 is 2.27 bits per heavy atom. The molecule has 1 aromatic carbocycles. The van der Waals surface area contributed by atoms with Crippen LogP contribution in [0.15, 0.2) is 22.7 Å². The average Bonchev–Trinajstić information content (AvgIpc) is 1.98. The molecule has 0 N–H and O–H groups in total. The van der Waals surface area contributed by atoms with E-state index in [1.54, 1.807) is 18.2 Å². The third kappa shape index (κ3) is 2.34. The molecule has 0 fully saturated rings. The number of alkyl halides is 1. The summed E-state index contributed by atoms with van der Waals surface area (Å²) in [6, 6.07) is 4.94. The topological polar surface area (TPSA) is 9.23 Å². The summed E-state index contributed by atoms with van der Waals surface area (Å²) < 4.78 is 17.0. The molecule has 1 rings (SSSR count). The van der Waals surface area contributed by atoms with Gasteiger partial charge in [-0.25, -0.2) is 4.39 Å². The second-order valence-electron chi connectivity index (χ2n) is 1.83. The highest BCUT2D eigenvalue weighted by atomic mass is 79.9. The van der Waals surface area contributed by atoms with Gasteiger partial charge in [-0.15, -0.1) is 0 Å². The maximum Gasteiger partial charge on any atom is 0.228 e. The van der Waals surface area contributed by atoms with E-state index in [0.717, 1.165) is 0 Å². The molecule has 0 aliphatic carbocycles. The molecule has 0 unspecified atom stereocenters. The minimum absolute atomic E-state index is 0.417. The smallest absolute Gasteiger partial charge is 0.228 e. The molecule has 11 heavy (non-hydrogen) atoms. The molecule has 0 atom stereocenters. The van der Waals surface area contributed by atoms with Crippen LogP contribution in [-0.4, -0.2) is 6.86 Å². The van der Waals surface area contributed by atoms with Gasteiger partial charge in [0.15, 0.2) is 0 Å². The largest absolute Gasteiger partial charge is 0.462 e. The van der Waals surface area contributed by atoms with Gasteiger partial charge in [0.1, 0.15) is 5.75 Å². The molecule has 1 aromatic rings. The SMILES string of the molecule is FCOc1cc(Cl)ccc1Br. The molecule has 0 amide bonds. The minimum atomic E-state index is -0.848. The fourth-order valence-electron chi connectivity index (χ4n) is 0.647. The fourth-order valence-corrected chi connectivity index (χ4v) is 1.17. The van der Waals surface area contributed by atoms with Gasteiger partial charge in [0.2, 0.25) is 6.86 Å². The van der Waals surface area contributed by atoms with E-state index in [1.165, 1.54) is 0 Å². The van der Waals surface area contributed by atoms with Gasteiger partial charge < -0.3 is 4.74 Å². The first-order chi connectivity index (χ1) is 5.24. The summed E-state index contributed by atoms with van der Waals surface area (Å²) in [4.78, 5) is 0. The lowest BCUT2D eigenvalue weighted by atomic mass is 10.3. The van der Waals surface area contributed by atoms with Crippen LogP contribution in [0.1, 0.15) is 0 Å². The standard InChI is InChI=1S/C7H5BrClFO/c8-6-2-1-5(9)3-7(6)11-4-10/h1-3H,4H2. The van der Waals surface area contributed by atoms with Crippen molar-refractivity contribution in [3.05, 3.63) is 27.7 Å². The van der Waals surface area contributed by atoms with Crippen molar-refractivity contribution in [2.75, 3.05) is 6.86 Å². The fraction of sp³-hybridized carbons (Fsp3) is 0.143. The summed E-state index contributed by atoms with van der Waals surface area (Å²) >= 11 is 8.81. The Kier molecular flexibility index (Phi) is 3.15. The Morgan fingerprint density at radius 1 is 1.55 bits per heavy atom. The molecule has 0 aliphatic heterocycles. The van der Waals surface area contributed by atoms with E-state index in [2.05, 4.69) is 20.7 Å². The summed E-state index contributed by atoms with van der Waals surface area (Å²) in [6.45, 7) is -0.848. The molecule has 60 valence electrons. The number of rotatable bonds is 2. The van der Waals surface area contributed by atoms with Gasteiger partial charge in [0.25, 0.3) is 0 Å². The van der Waals surface area contributed by atoms with Gasteiger partial charge in [-0.3, -0.25) is 0 Å². The Hall–Kier alpha value is -0.280. The van der Waals surface area contributed by atoms with E-state index in [4.69, 9.17) is 11.6 Å². The maximum atomic E-state index is 11.7. The second kappa shape index (κ2) is 3.93. The van der Waals surface area contributed by atoms with Crippen molar-refractivity contribution in [3.63, 3.8) is 0 Å². The van der Waals surface area contributed by atoms with Crippen LogP contribution in [0.4, 0.5) is 4.39 Å². The molecule has 0 saturated heterocycles. The van der Waals surface area contributed by atoms with Crippen LogP contribution in [0.25, 0.3) is 0 Å². The van der Waals surface area contributed by atoms with Crippen LogP contribution in [0.5, 0.6) is 5.75 Å². The van der Waals surface area contributed by atoms with Crippen molar-refractivity contribution in [2.45, 2.75) is 0 Å². The highest BCUT2D eigenvalue weighted by Crippen LogP contribution is 2.27. The van der Waals surface area contributed by atoms with Crippen molar-refractivity contribution in [1.82, 2.24) is 0 Å². The summed E-state index contributed by atoms with van der Waals surface area (Å²) in [5, 5.41) is 0.525. The molecule has 0 radical (unpaired) electrons. The van der Waals surface area contributed by atoms with Gasteiger partial charge >= 0.3 is 0 Å². The van der Waals surface area contributed by atoms with E-state index in [0.29, 0.717) is 15.2 Å². The zero-order valence-electron chi connectivity index (χ0n) is 5.48. The van der Waals surface area contributed by atoms with Crippen LogP contribution in [0, 0.1) is 0 Å². The number of hydrogen-bond acceptors (Lipinski definition) is 1. The van der Waals surface area contributed by atoms with Gasteiger partial charge in [-0.2, -0.15) is 0 Å².